The van der Waals surface area contributed by atoms with E-state index in [4.69, 9.17) is 5.11 Å². The summed E-state index contributed by atoms with van der Waals surface area (Å²) in [5, 5.41) is 8.88. The Morgan fingerprint density at radius 1 is 1.33 bits per heavy atom. The molecule has 0 aliphatic rings. The van der Waals surface area contributed by atoms with Crippen LogP contribution in [0.3, 0.4) is 0 Å². The number of aliphatic hydroxyl groups excluding tert-OH is 1. The van der Waals surface area contributed by atoms with Gasteiger partial charge >= 0.3 is 0 Å². The zero-order chi connectivity index (χ0) is 11.8. The van der Waals surface area contributed by atoms with Gasteiger partial charge in [0.05, 0.1) is 0 Å². The molecule has 0 aliphatic carbocycles. The maximum Gasteiger partial charge on any atom is 0.0434 e. The summed E-state index contributed by atoms with van der Waals surface area (Å²) in [4.78, 5) is 2.37. The van der Waals surface area contributed by atoms with Crippen molar-refractivity contribution >= 4 is 0 Å². The van der Waals surface area contributed by atoms with Crippen molar-refractivity contribution in [3.8, 4) is 0 Å². The lowest BCUT2D eigenvalue weighted by Crippen LogP contribution is -2.29. The Bertz CT molecular complexity index is 195. The second-order valence-electron chi connectivity index (χ2n) is 4.52. The molecule has 0 aromatic rings. The molecular weight excluding hydrogens is 186 g/mol. The summed E-state index contributed by atoms with van der Waals surface area (Å²) in [6.45, 7) is 9.09. The molecule has 15 heavy (non-hydrogen) atoms. The predicted molar refractivity (Wildman–Crippen MR) is 66.8 cm³/mol. The summed E-state index contributed by atoms with van der Waals surface area (Å²) in [6, 6.07) is 0.596. The molecule has 1 N–H and O–H groups in total. The molecule has 0 spiro atoms. The van der Waals surface area contributed by atoms with E-state index in [1.165, 1.54) is 24.1 Å². The molecule has 0 heterocycles. The van der Waals surface area contributed by atoms with Crippen LogP contribution in [0.1, 0.15) is 53.4 Å². The quantitative estimate of drug-likeness (QED) is 0.702. The first-order valence-electron chi connectivity index (χ1n) is 6.04. The molecule has 0 bridgehead atoms. The SMILES string of the molecule is CCCC(C)N(C)C(CCCO)=C(C)C. The summed E-state index contributed by atoms with van der Waals surface area (Å²) in [5.41, 5.74) is 2.76. The minimum absolute atomic E-state index is 0.285. The smallest absolute Gasteiger partial charge is 0.0434 e. The Hall–Kier alpha value is -0.500. The van der Waals surface area contributed by atoms with Crippen LogP contribution >= 0.6 is 0 Å². The van der Waals surface area contributed by atoms with Gasteiger partial charge < -0.3 is 10.0 Å². The lowest BCUT2D eigenvalue weighted by Gasteiger charge is -2.30. The summed E-state index contributed by atoms with van der Waals surface area (Å²) in [7, 11) is 2.17. The molecule has 0 aliphatic heterocycles. The van der Waals surface area contributed by atoms with Crippen molar-refractivity contribution in [1.29, 1.82) is 0 Å². The van der Waals surface area contributed by atoms with E-state index >= 15 is 0 Å². The van der Waals surface area contributed by atoms with Gasteiger partial charge in [-0.1, -0.05) is 18.9 Å². The zero-order valence-electron chi connectivity index (χ0n) is 11.0. The highest BCUT2D eigenvalue weighted by molar-refractivity contribution is 5.09. The number of hydrogen-bond acceptors (Lipinski definition) is 2. The van der Waals surface area contributed by atoms with Crippen molar-refractivity contribution in [3.63, 3.8) is 0 Å². The van der Waals surface area contributed by atoms with Crippen molar-refractivity contribution in [2.75, 3.05) is 13.7 Å². The van der Waals surface area contributed by atoms with Gasteiger partial charge in [-0.3, -0.25) is 0 Å². The maximum atomic E-state index is 8.88. The molecule has 1 unspecified atom stereocenters. The van der Waals surface area contributed by atoms with Gasteiger partial charge in [-0.25, -0.2) is 0 Å². The summed E-state index contributed by atoms with van der Waals surface area (Å²) in [6.07, 6.45) is 4.31. The fourth-order valence-corrected chi connectivity index (χ4v) is 1.90. The number of allylic oxidation sites excluding steroid dienone is 2. The third-order valence-corrected chi connectivity index (χ3v) is 2.94. The Morgan fingerprint density at radius 3 is 2.33 bits per heavy atom. The van der Waals surface area contributed by atoms with Crippen LogP contribution in [0.2, 0.25) is 0 Å². The summed E-state index contributed by atoms with van der Waals surface area (Å²) >= 11 is 0. The van der Waals surface area contributed by atoms with Gasteiger partial charge in [0.2, 0.25) is 0 Å². The first-order valence-corrected chi connectivity index (χ1v) is 6.04. The Kier molecular flexibility index (Phi) is 7.49. The second kappa shape index (κ2) is 7.75. The van der Waals surface area contributed by atoms with E-state index in [9.17, 15) is 0 Å². The molecule has 0 amide bonds. The molecule has 2 heteroatoms. The predicted octanol–water partition coefficient (Wildman–Crippen LogP) is 3.17. The first kappa shape index (κ1) is 14.5. The maximum absolute atomic E-state index is 8.88. The molecular formula is C13H27NO. The van der Waals surface area contributed by atoms with Crippen molar-refractivity contribution in [1.82, 2.24) is 4.90 Å². The minimum Gasteiger partial charge on any atom is -0.396 e. The monoisotopic (exact) mass is 213 g/mol. The van der Waals surface area contributed by atoms with Gasteiger partial charge in [0, 0.05) is 25.4 Å². The summed E-state index contributed by atoms with van der Waals surface area (Å²) in [5.74, 6) is 0. The van der Waals surface area contributed by atoms with Crippen LogP contribution in [0, 0.1) is 0 Å². The van der Waals surface area contributed by atoms with Crippen molar-refractivity contribution in [2.24, 2.45) is 0 Å². The highest BCUT2D eigenvalue weighted by Crippen LogP contribution is 2.19. The number of nitrogens with zero attached hydrogens (tertiary/aromatic N) is 1. The van der Waals surface area contributed by atoms with E-state index < -0.39 is 0 Å². The van der Waals surface area contributed by atoms with Crippen molar-refractivity contribution < 1.29 is 5.11 Å². The van der Waals surface area contributed by atoms with Gasteiger partial charge in [-0.15, -0.1) is 0 Å². The van der Waals surface area contributed by atoms with Crippen molar-refractivity contribution in [3.05, 3.63) is 11.3 Å². The van der Waals surface area contributed by atoms with E-state index in [0.717, 1.165) is 12.8 Å². The number of rotatable bonds is 7. The van der Waals surface area contributed by atoms with Gasteiger partial charge in [-0.05, 0) is 40.0 Å². The van der Waals surface area contributed by atoms with Gasteiger partial charge in [0.25, 0.3) is 0 Å². The molecule has 90 valence electrons. The van der Waals surface area contributed by atoms with Crippen LogP contribution in [-0.2, 0) is 0 Å². The van der Waals surface area contributed by atoms with Crippen LogP contribution in [-0.4, -0.2) is 29.7 Å². The van der Waals surface area contributed by atoms with E-state index in [2.05, 4.69) is 39.6 Å². The molecule has 2 nitrogen and oxygen atoms in total. The van der Waals surface area contributed by atoms with Gasteiger partial charge in [0.1, 0.15) is 0 Å². The normalized spacial score (nSPS) is 12.4. The van der Waals surface area contributed by atoms with Crippen LogP contribution in [0.25, 0.3) is 0 Å². The van der Waals surface area contributed by atoms with Crippen molar-refractivity contribution in [2.45, 2.75) is 59.4 Å². The number of aliphatic hydroxyl groups is 1. The van der Waals surface area contributed by atoms with Crippen LogP contribution in [0.5, 0.6) is 0 Å². The third kappa shape index (κ3) is 5.22. The molecule has 0 fully saturated rings. The average molecular weight is 213 g/mol. The first-order chi connectivity index (χ1) is 7.04. The Morgan fingerprint density at radius 2 is 1.93 bits per heavy atom. The van der Waals surface area contributed by atoms with Crippen LogP contribution in [0.4, 0.5) is 0 Å². The summed E-state index contributed by atoms with van der Waals surface area (Å²) < 4.78 is 0. The molecule has 0 saturated heterocycles. The lowest BCUT2D eigenvalue weighted by molar-refractivity contribution is 0.262. The Balaban J connectivity index is 4.42. The van der Waals surface area contributed by atoms with E-state index in [1.807, 2.05) is 0 Å². The molecule has 0 saturated carbocycles. The molecule has 0 aromatic heterocycles. The topological polar surface area (TPSA) is 23.5 Å². The molecule has 1 atom stereocenters. The largest absolute Gasteiger partial charge is 0.396 e. The molecule has 0 rings (SSSR count). The molecule has 0 radical (unpaired) electrons. The van der Waals surface area contributed by atoms with E-state index in [-0.39, 0.29) is 6.61 Å². The van der Waals surface area contributed by atoms with Crippen LogP contribution < -0.4 is 0 Å². The number of hydrogen-bond donors (Lipinski definition) is 1. The standard InChI is InChI=1S/C13H27NO/c1-6-8-12(4)14(5)13(11(2)3)9-7-10-15/h12,15H,6-10H2,1-5H3. The third-order valence-electron chi connectivity index (χ3n) is 2.94. The average Bonchev–Trinajstić information content (AvgIpc) is 2.18. The van der Waals surface area contributed by atoms with E-state index in [1.54, 1.807) is 0 Å². The highest BCUT2D eigenvalue weighted by atomic mass is 16.2. The zero-order valence-corrected chi connectivity index (χ0v) is 11.0. The van der Waals surface area contributed by atoms with E-state index in [0.29, 0.717) is 6.04 Å². The second-order valence-corrected chi connectivity index (χ2v) is 4.52. The van der Waals surface area contributed by atoms with Crippen LogP contribution in [0.15, 0.2) is 11.3 Å². The fraction of sp³-hybridized carbons (Fsp3) is 0.846. The van der Waals surface area contributed by atoms with Gasteiger partial charge in [0.15, 0.2) is 0 Å². The fourth-order valence-electron chi connectivity index (χ4n) is 1.90. The molecule has 0 aromatic carbocycles. The lowest BCUT2D eigenvalue weighted by atomic mass is 10.1. The highest BCUT2D eigenvalue weighted by Gasteiger charge is 2.12. The Labute approximate surface area is 95.0 Å². The van der Waals surface area contributed by atoms with Gasteiger partial charge in [-0.2, -0.15) is 0 Å². The minimum atomic E-state index is 0.285.